The third-order valence-corrected chi connectivity index (χ3v) is 4.03. The van der Waals surface area contributed by atoms with Crippen LogP contribution < -0.4 is 0 Å². The lowest BCUT2D eigenvalue weighted by molar-refractivity contribution is 0.790. The molecule has 3 nitrogen and oxygen atoms in total. The minimum absolute atomic E-state index is 0.963. The van der Waals surface area contributed by atoms with Crippen molar-refractivity contribution in [3.8, 4) is 5.13 Å². The predicted molar refractivity (Wildman–Crippen MR) is 75.5 cm³/mol. The van der Waals surface area contributed by atoms with Crippen LogP contribution in [0.4, 0.5) is 0 Å². The molecule has 0 fully saturated rings. The maximum Gasteiger partial charge on any atom is 0.211 e. The Morgan fingerprint density at radius 3 is 2.72 bits per heavy atom. The highest BCUT2D eigenvalue weighted by molar-refractivity contribution is 7.20. The van der Waals surface area contributed by atoms with Crippen molar-refractivity contribution in [3.05, 3.63) is 41.7 Å². The molecule has 3 aromatic rings. The van der Waals surface area contributed by atoms with E-state index in [1.165, 1.54) is 10.4 Å². The number of hydrogen-bond acceptors (Lipinski definition) is 3. The fraction of sp³-hybridized carbons (Fsp3) is 0.286. The molecule has 0 saturated carbocycles. The summed E-state index contributed by atoms with van der Waals surface area (Å²) in [5.74, 6) is 0. The predicted octanol–water partition coefficient (Wildman–Crippen LogP) is 3.61. The number of aryl methyl sites for hydroxylation is 2. The molecular weight excluding hydrogens is 242 g/mol. The molecule has 0 spiro atoms. The molecule has 1 aromatic carbocycles. The molecule has 0 aliphatic heterocycles. The Morgan fingerprint density at radius 1 is 1.17 bits per heavy atom. The van der Waals surface area contributed by atoms with Crippen molar-refractivity contribution in [1.82, 2.24) is 14.8 Å². The second-order valence-electron chi connectivity index (χ2n) is 4.21. The van der Waals surface area contributed by atoms with Gasteiger partial charge in [0.15, 0.2) is 0 Å². The van der Waals surface area contributed by atoms with Gasteiger partial charge < -0.3 is 0 Å². The van der Waals surface area contributed by atoms with Gasteiger partial charge in [-0.3, -0.25) is 0 Å². The average Bonchev–Trinajstić information content (AvgIpc) is 3.01. The standard InChI is InChI=1S/C14H15N3S/c1-3-10-9-11(4-2)17(16-10)14-15-12-7-5-6-8-13(12)18-14/h5-9H,3-4H2,1-2H3. The lowest BCUT2D eigenvalue weighted by Crippen LogP contribution is -2.00. The van der Waals surface area contributed by atoms with Crippen LogP contribution in [0.25, 0.3) is 15.3 Å². The van der Waals surface area contributed by atoms with Crippen LogP contribution in [0.15, 0.2) is 30.3 Å². The van der Waals surface area contributed by atoms with E-state index in [0.29, 0.717) is 0 Å². The monoisotopic (exact) mass is 257 g/mol. The molecule has 0 radical (unpaired) electrons. The molecular formula is C14H15N3S. The van der Waals surface area contributed by atoms with Crippen molar-refractivity contribution in [2.75, 3.05) is 0 Å². The number of fused-ring (bicyclic) bond motifs is 1. The van der Waals surface area contributed by atoms with Crippen LogP contribution in [-0.4, -0.2) is 14.8 Å². The van der Waals surface area contributed by atoms with Crippen LogP contribution >= 0.6 is 11.3 Å². The van der Waals surface area contributed by atoms with Crippen LogP contribution in [0, 0.1) is 0 Å². The number of aromatic nitrogens is 3. The number of nitrogens with zero attached hydrogens (tertiary/aromatic N) is 3. The summed E-state index contributed by atoms with van der Waals surface area (Å²) in [5, 5.41) is 5.60. The molecule has 3 rings (SSSR count). The van der Waals surface area contributed by atoms with Crippen molar-refractivity contribution in [1.29, 1.82) is 0 Å². The molecule has 0 aliphatic rings. The molecule has 0 saturated heterocycles. The number of rotatable bonds is 3. The molecule has 92 valence electrons. The summed E-state index contributed by atoms with van der Waals surface area (Å²) in [7, 11) is 0. The quantitative estimate of drug-likeness (QED) is 0.717. The summed E-state index contributed by atoms with van der Waals surface area (Å²) in [6.07, 6.45) is 1.94. The largest absolute Gasteiger partial charge is 0.218 e. The summed E-state index contributed by atoms with van der Waals surface area (Å²) < 4.78 is 3.20. The van der Waals surface area contributed by atoms with E-state index in [1.54, 1.807) is 11.3 Å². The van der Waals surface area contributed by atoms with Crippen LogP contribution in [0.5, 0.6) is 0 Å². The molecule has 4 heteroatoms. The van der Waals surface area contributed by atoms with Crippen molar-refractivity contribution >= 4 is 21.6 Å². The maximum atomic E-state index is 4.66. The highest BCUT2D eigenvalue weighted by Crippen LogP contribution is 2.25. The van der Waals surface area contributed by atoms with Gasteiger partial charge in [0, 0.05) is 5.69 Å². The minimum Gasteiger partial charge on any atom is -0.218 e. The van der Waals surface area contributed by atoms with Gasteiger partial charge >= 0.3 is 0 Å². The highest BCUT2D eigenvalue weighted by Gasteiger charge is 2.11. The zero-order valence-corrected chi connectivity index (χ0v) is 11.4. The van der Waals surface area contributed by atoms with Gasteiger partial charge in [0.05, 0.1) is 15.9 Å². The van der Waals surface area contributed by atoms with Gasteiger partial charge in [-0.15, -0.1) is 0 Å². The van der Waals surface area contributed by atoms with E-state index in [2.05, 4.69) is 36.1 Å². The third-order valence-electron chi connectivity index (χ3n) is 3.02. The summed E-state index contributed by atoms with van der Waals surface area (Å²) in [4.78, 5) is 4.66. The number of hydrogen-bond donors (Lipinski definition) is 0. The van der Waals surface area contributed by atoms with Gasteiger partial charge in [-0.25, -0.2) is 9.67 Å². The van der Waals surface area contributed by atoms with Gasteiger partial charge in [-0.05, 0) is 31.0 Å². The Labute approximate surface area is 110 Å². The Bertz CT molecular complexity index is 648. The van der Waals surface area contributed by atoms with Gasteiger partial charge in [0.25, 0.3) is 0 Å². The summed E-state index contributed by atoms with van der Waals surface area (Å²) in [5.41, 5.74) is 3.41. The molecule has 2 heterocycles. The molecule has 0 amide bonds. The van der Waals surface area contributed by atoms with E-state index < -0.39 is 0 Å². The first kappa shape index (κ1) is 11.4. The third kappa shape index (κ3) is 1.82. The zero-order chi connectivity index (χ0) is 12.5. The Kier molecular flexibility index (Phi) is 2.88. The number of para-hydroxylation sites is 1. The van der Waals surface area contributed by atoms with Crippen LogP contribution in [0.3, 0.4) is 0 Å². The second-order valence-corrected chi connectivity index (χ2v) is 5.22. The van der Waals surface area contributed by atoms with E-state index in [4.69, 9.17) is 0 Å². The molecule has 0 atom stereocenters. The number of thiazole rings is 1. The fourth-order valence-electron chi connectivity index (χ4n) is 2.02. The Hall–Kier alpha value is -1.68. The molecule has 2 aromatic heterocycles. The SMILES string of the molecule is CCc1cc(CC)n(-c2nc3ccccc3s2)n1. The zero-order valence-electron chi connectivity index (χ0n) is 10.6. The van der Waals surface area contributed by atoms with Crippen molar-refractivity contribution in [2.45, 2.75) is 26.7 Å². The van der Waals surface area contributed by atoms with Gasteiger partial charge in [0.1, 0.15) is 0 Å². The highest BCUT2D eigenvalue weighted by atomic mass is 32.1. The normalized spacial score (nSPS) is 11.2. The first-order valence-corrected chi connectivity index (χ1v) is 7.07. The Morgan fingerprint density at radius 2 is 2.00 bits per heavy atom. The van der Waals surface area contributed by atoms with Gasteiger partial charge in [-0.2, -0.15) is 5.10 Å². The van der Waals surface area contributed by atoms with Crippen molar-refractivity contribution in [3.63, 3.8) is 0 Å². The summed E-state index contributed by atoms with van der Waals surface area (Å²) >= 11 is 1.69. The van der Waals surface area contributed by atoms with E-state index in [0.717, 1.165) is 29.2 Å². The first-order chi connectivity index (χ1) is 8.81. The first-order valence-electron chi connectivity index (χ1n) is 6.25. The smallest absolute Gasteiger partial charge is 0.211 e. The van der Waals surface area contributed by atoms with E-state index >= 15 is 0 Å². The van der Waals surface area contributed by atoms with E-state index in [9.17, 15) is 0 Å². The molecule has 0 unspecified atom stereocenters. The lowest BCUT2D eigenvalue weighted by Gasteiger charge is -1.99. The van der Waals surface area contributed by atoms with Crippen molar-refractivity contribution in [2.24, 2.45) is 0 Å². The van der Waals surface area contributed by atoms with E-state index in [-0.39, 0.29) is 0 Å². The van der Waals surface area contributed by atoms with Crippen LogP contribution in [0.1, 0.15) is 25.2 Å². The fourth-order valence-corrected chi connectivity index (χ4v) is 2.97. The summed E-state index contributed by atoms with van der Waals surface area (Å²) in [6, 6.07) is 10.4. The van der Waals surface area contributed by atoms with Crippen molar-refractivity contribution < 1.29 is 0 Å². The molecule has 0 bridgehead atoms. The van der Waals surface area contributed by atoms with Crippen LogP contribution in [0.2, 0.25) is 0 Å². The minimum atomic E-state index is 0.963. The second kappa shape index (κ2) is 4.53. The maximum absolute atomic E-state index is 4.66. The molecule has 18 heavy (non-hydrogen) atoms. The molecule has 0 aliphatic carbocycles. The van der Waals surface area contributed by atoms with Gasteiger partial charge in [-0.1, -0.05) is 37.3 Å². The lowest BCUT2D eigenvalue weighted by atomic mass is 10.3. The topological polar surface area (TPSA) is 30.7 Å². The van der Waals surface area contributed by atoms with Crippen LogP contribution in [-0.2, 0) is 12.8 Å². The molecule has 0 N–H and O–H groups in total. The Balaban J connectivity index is 2.15. The number of benzene rings is 1. The average molecular weight is 257 g/mol. The van der Waals surface area contributed by atoms with E-state index in [1.807, 2.05) is 22.9 Å². The van der Waals surface area contributed by atoms with Gasteiger partial charge in [0.2, 0.25) is 5.13 Å². The summed E-state index contributed by atoms with van der Waals surface area (Å²) in [6.45, 7) is 4.28.